The van der Waals surface area contributed by atoms with E-state index in [0.29, 0.717) is 16.8 Å². The van der Waals surface area contributed by atoms with Gasteiger partial charge in [-0.05, 0) is 23.2 Å². The average molecular weight is 217 g/mol. The van der Waals surface area contributed by atoms with E-state index >= 15 is 0 Å². The number of hydrogen-bond donors (Lipinski definition) is 0. The van der Waals surface area contributed by atoms with Gasteiger partial charge in [0, 0.05) is 19.1 Å². The largest absolute Gasteiger partial charge is 0.452 e. The van der Waals surface area contributed by atoms with E-state index in [0.717, 1.165) is 0 Å². The van der Waals surface area contributed by atoms with Crippen molar-refractivity contribution < 1.29 is 9.66 Å². The third-order valence-electron chi connectivity index (χ3n) is 1.42. The summed E-state index contributed by atoms with van der Waals surface area (Å²) in [6, 6.07) is 0. The highest BCUT2D eigenvalue weighted by molar-refractivity contribution is 7.18. The van der Waals surface area contributed by atoms with Crippen molar-refractivity contribution >= 4 is 22.2 Å². The molecule has 0 amide bonds. The van der Waals surface area contributed by atoms with Crippen LogP contribution in [0.1, 0.15) is 6.92 Å². The third-order valence-corrected chi connectivity index (χ3v) is 2.54. The van der Waals surface area contributed by atoms with Gasteiger partial charge in [0.2, 0.25) is 0 Å². The van der Waals surface area contributed by atoms with Gasteiger partial charge in [0.15, 0.2) is 5.00 Å². The van der Waals surface area contributed by atoms with E-state index in [-0.39, 0.29) is 5.82 Å². The van der Waals surface area contributed by atoms with Crippen LogP contribution in [-0.4, -0.2) is 30.6 Å². The second-order valence-corrected chi connectivity index (χ2v) is 3.63. The van der Waals surface area contributed by atoms with E-state index in [1.165, 1.54) is 11.3 Å². The number of hydrogen-bond acceptors (Lipinski definition) is 6. The lowest BCUT2D eigenvalue weighted by atomic mass is 10.6. The molecule has 0 aliphatic heterocycles. The lowest BCUT2D eigenvalue weighted by Crippen LogP contribution is -2.08. The van der Waals surface area contributed by atoms with E-state index in [4.69, 9.17) is 4.74 Å². The van der Waals surface area contributed by atoms with E-state index in [2.05, 4.69) is 4.98 Å². The molecule has 0 fully saturated rings. The Balaban J connectivity index is 3.06. The Kier molecular flexibility index (Phi) is 3.23. The van der Waals surface area contributed by atoms with Crippen molar-refractivity contribution in [1.29, 1.82) is 0 Å². The Morgan fingerprint density at radius 2 is 2.29 bits per heavy atom. The smallest absolute Gasteiger partial charge is 0.402 e. The van der Waals surface area contributed by atoms with Gasteiger partial charge in [0.1, 0.15) is 0 Å². The van der Waals surface area contributed by atoms with Crippen molar-refractivity contribution in [3.05, 3.63) is 10.1 Å². The standard InChI is InChI=1S/C7H11N3O3S/c1-4-13-7-8-5(10(11)12)6(14-7)9(2)3/h4H2,1-3H3. The number of nitrogens with zero attached hydrogens (tertiary/aromatic N) is 3. The minimum Gasteiger partial charge on any atom is -0.452 e. The highest BCUT2D eigenvalue weighted by Crippen LogP contribution is 2.37. The molecule has 0 spiro atoms. The zero-order valence-corrected chi connectivity index (χ0v) is 9.00. The Morgan fingerprint density at radius 1 is 1.64 bits per heavy atom. The van der Waals surface area contributed by atoms with Gasteiger partial charge >= 0.3 is 11.0 Å². The molecular formula is C7H11N3O3S. The molecule has 0 radical (unpaired) electrons. The summed E-state index contributed by atoms with van der Waals surface area (Å²) in [5.74, 6) is -0.150. The first kappa shape index (κ1) is 10.7. The fourth-order valence-electron chi connectivity index (χ4n) is 0.881. The van der Waals surface area contributed by atoms with Gasteiger partial charge in [-0.2, -0.15) is 0 Å². The fourth-order valence-corrected chi connectivity index (χ4v) is 1.75. The summed E-state index contributed by atoms with van der Waals surface area (Å²) in [5.41, 5.74) is 0. The van der Waals surface area contributed by atoms with Gasteiger partial charge < -0.3 is 19.8 Å². The highest BCUT2D eigenvalue weighted by Gasteiger charge is 2.25. The van der Waals surface area contributed by atoms with Crippen molar-refractivity contribution in [3.8, 4) is 5.19 Å². The van der Waals surface area contributed by atoms with Gasteiger partial charge in [0.05, 0.1) is 6.61 Å². The summed E-state index contributed by atoms with van der Waals surface area (Å²) in [6.07, 6.45) is 0. The van der Waals surface area contributed by atoms with Gasteiger partial charge in [0.25, 0.3) is 0 Å². The molecule has 1 heterocycles. The van der Waals surface area contributed by atoms with Gasteiger partial charge in [-0.15, -0.1) is 0 Å². The molecule has 0 aliphatic carbocycles. The summed E-state index contributed by atoms with van der Waals surface area (Å²) in [4.78, 5) is 15.5. The summed E-state index contributed by atoms with van der Waals surface area (Å²) in [6.45, 7) is 2.26. The molecule has 0 bridgehead atoms. The molecule has 6 nitrogen and oxygen atoms in total. The molecule has 7 heteroatoms. The van der Waals surface area contributed by atoms with E-state index in [9.17, 15) is 10.1 Å². The first-order valence-electron chi connectivity index (χ1n) is 4.01. The molecule has 1 rings (SSSR count). The molecule has 0 N–H and O–H groups in total. The summed E-state index contributed by atoms with van der Waals surface area (Å²) in [5, 5.41) is 11.4. The predicted octanol–water partition coefficient (Wildman–Crippen LogP) is 1.52. The maximum atomic E-state index is 10.6. The fraction of sp³-hybridized carbons (Fsp3) is 0.571. The van der Waals surface area contributed by atoms with Crippen LogP contribution in [0.3, 0.4) is 0 Å². The Morgan fingerprint density at radius 3 is 2.64 bits per heavy atom. The number of thiazole rings is 1. The second-order valence-electron chi connectivity index (χ2n) is 2.69. The topological polar surface area (TPSA) is 68.5 Å². The molecule has 0 saturated carbocycles. The van der Waals surface area contributed by atoms with Crippen LogP contribution >= 0.6 is 11.3 Å². The first-order chi connectivity index (χ1) is 6.56. The molecule has 1 aromatic rings. The van der Waals surface area contributed by atoms with E-state index < -0.39 is 4.92 Å². The van der Waals surface area contributed by atoms with E-state index in [1.807, 2.05) is 6.92 Å². The normalized spacial score (nSPS) is 9.93. The molecule has 0 unspecified atom stereocenters. The third kappa shape index (κ3) is 2.11. The Hall–Kier alpha value is -1.37. The maximum absolute atomic E-state index is 10.6. The number of rotatable bonds is 4. The molecular weight excluding hydrogens is 206 g/mol. The van der Waals surface area contributed by atoms with Crippen LogP contribution in [0.2, 0.25) is 0 Å². The Labute approximate surface area is 85.3 Å². The minimum atomic E-state index is -0.506. The predicted molar refractivity (Wildman–Crippen MR) is 54.3 cm³/mol. The van der Waals surface area contributed by atoms with Gasteiger partial charge in [-0.1, -0.05) is 0 Å². The number of anilines is 1. The van der Waals surface area contributed by atoms with Crippen LogP contribution < -0.4 is 9.64 Å². The molecule has 78 valence electrons. The first-order valence-corrected chi connectivity index (χ1v) is 4.83. The molecule has 1 aromatic heterocycles. The van der Waals surface area contributed by atoms with E-state index in [1.54, 1.807) is 19.0 Å². The number of aromatic nitrogens is 1. The van der Waals surface area contributed by atoms with Gasteiger partial charge in [-0.25, -0.2) is 0 Å². The van der Waals surface area contributed by atoms with Crippen LogP contribution in [0, 0.1) is 10.1 Å². The summed E-state index contributed by atoms with van der Waals surface area (Å²) < 4.78 is 5.10. The number of ether oxygens (including phenoxy) is 1. The van der Waals surface area contributed by atoms with Crippen molar-refractivity contribution in [1.82, 2.24) is 4.98 Å². The molecule has 0 atom stereocenters. The van der Waals surface area contributed by atoms with Crippen LogP contribution in [-0.2, 0) is 0 Å². The summed E-state index contributed by atoms with van der Waals surface area (Å²) in [7, 11) is 3.46. The molecule has 14 heavy (non-hydrogen) atoms. The van der Waals surface area contributed by atoms with Crippen LogP contribution in [0.25, 0.3) is 0 Å². The highest BCUT2D eigenvalue weighted by atomic mass is 32.1. The minimum absolute atomic E-state index is 0.150. The van der Waals surface area contributed by atoms with Crippen molar-refractivity contribution in [3.63, 3.8) is 0 Å². The second kappa shape index (κ2) is 4.23. The zero-order chi connectivity index (χ0) is 10.7. The lowest BCUT2D eigenvalue weighted by molar-refractivity contribution is -0.388. The zero-order valence-electron chi connectivity index (χ0n) is 8.18. The van der Waals surface area contributed by atoms with Crippen LogP contribution in [0.15, 0.2) is 0 Å². The van der Waals surface area contributed by atoms with Crippen LogP contribution in [0.4, 0.5) is 10.8 Å². The molecule has 0 saturated heterocycles. The average Bonchev–Trinajstić information content (AvgIpc) is 2.49. The Bertz CT molecular complexity index is 337. The van der Waals surface area contributed by atoms with Crippen LogP contribution in [0.5, 0.6) is 5.19 Å². The van der Waals surface area contributed by atoms with Gasteiger partial charge in [-0.3, -0.25) is 0 Å². The number of nitro groups is 1. The summed E-state index contributed by atoms with van der Waals surface area (Å²) >= 11 is 1.17. The quantitative estimate of drug-likeness (QED) is 0.565. The van der Waals surface area contributed by atoms with Crippen molar-refractivity contribution in [2.45, 2.75) is 6.92 Å². The molecule has 0 aromatic carbocycles. The van der Waals surface area contributed by atoms with Crippen molar-refractivity contribution in [2.75, 3.05) is 25.6 Å². The maximum Gasteiger partial charge on any atom is 0.402 e. The SMILES string of the molecule is CCOc1nc([N+](=O)[O-])c(N(C)C)s1. The monoisotopic (exact) mass is 217 g/mol. The van der Waals surface area contributed by atoms with Crippen molar-refractivity contribution in [2.24, 2.45) is 0 Å². The molecule has 0 aliphatic rings. The lowest BCUT2D eigenvalue weighted by Gasteiger charge is -2.06.